The summed E-state index contributed by atoms with van der Waals surface area (Å²) in [6.45, 7) is 4.49. The van der Waals surface area contributed by atoms with Gasteiger partial charge >= 0.3 is 6.03 Å². The lowest BCUT2D eigenvalue weighted by molar-refractivity contribution is -0.171. The number of hydrogen-bond donors (Lipinski definition) is 0. The predicted molar refractivity (Wildman–Crippen MR) is 56.8 cm³/mol. The Kier molecular flexibility index (Phi) is 4.26. The molecular weight excluding hydrogens is 212 g/mol. The molecule has 1 rings (SSSR count). The normalized spacial score (nSPS) is 21.4. The van der Waals surface area contributed by atoms with Gasteiger partial charge in [-0.3, -0.25) is 9.69 Å². The molecule has 0 bridgehead atoms. The van der Waals surface area contributed by atoms with E-state index in [1.54, 1.807) is 7.05 Å². The van der Waals surface area contributed by atoms with Gasteiger partial charge in [0.15, 0.2) is 12.3 Å². The molecule has 1 aliphatic rings. The Hall–Kier alpha value is -1.14. The van der Waals surface area contributed by atoms with Crippen molar-refractivity contribution in [2.24, 2.45) is 0 Å². The number of amides is 3. The Morgan fingerprint density at radius 2 is 1.69 bits per heavy atom. The number of likely N-dealkylation sites (N-methyl/N-ethyl adjacent to an activating group) is 2. The van der Waals surface area contributed by atoms with E-state index >= 15 is 0 Å². The van der Waals surface area contributed by atoms with Gasteiger partial charge < -0.3 is 14.4 Å². The molecule has 1 heterocycles. The second-order valence-electron chi connectivity index (χ2n) is 3.51. The third-order valence-electron chi connectivity index (χ3n) is 2.51. The van der Waals surface area contributed by atoms with Crippen molar-refractivity contribution in [3.05, 3.63) is 0 Å². The maximum absolute atomic E-state index is 11.8. The molecule has 0 radical (unpaired) electrons. The van der Waals surface area contributed by atoms with E-state index in [2.05, 4.69) is 0 Å². The topological polar surface area (TPSA) is 59.1 Å². The third kappa shape index (κ3) is 2.17. The van der Waals surface area contributed by atoms with Crippen LogP contribution in [0.2, 0.25) is 0 Å². The lowest BCUT2D eigenvalue weighted by Gasteiger charge is -2.25. The molecule has 0 spiro atoms. The maximum atomic E-state index is 11.8. The fourth-order valence-corrected chi connectivity index (χ4v) is 1.67. The summed E-state index contributed by atoms with van der Waals surface area (Å²) in [6.07, 6.45) is -0.693. The number of carbonyl (C=O) groups excluding carboxylic acids is 2. The number of urea groups is 1. The second kappa shape index (κ2) is 5.27. The quantitative estimate of drug-likeness (QED) is 0.502. The van der Waals surface area contributed by atoms with Crippen LogP contribution >= 0.6 is 0 Å². The Bertz CT molecular complexity index is 276. The van der Waals surface area contributed by atoms with Gasteiger partial charge in [-0.15, -0.1) is 0 Å². The summed E-state index contributed by atoms with van der Waals surface area (Å²) in [4.78, 5) is 25.8. The lowest BCUT2D eigenvalue weighted by Crippen LogP contribution is -2.45. The molecule has 0 N–H and O–H groups in total. The van der Waals surface area contributed by atoms with Crippen LogP contribution in [0.25, 0.3) is 0 Å². The minimum Gasteiger partial charge on any atom is -0.350 e. The summed E-state index contributed by atoms with van der Waals surface area (Å²) in [5.74, 6) is -0.292. The molecule has 0 saturated carbocycles. The average Bonchev–Trinajstić information content (AvgIpc) is 2.44. The molecule has 6 nitrogen and oxygen atoms in total. The molecule has 0 aliphatic carbocycles. The van der Waals surface area contributed by atoms with Crippen LogP contribution in [-0.2, 0) is 14.3 Å². The van der Waals surface area contributed by atoms with Crippen LogP contribution < -0.4 is 0 Å². The number of hydrogen-bond acceptors (Lipinski definition) is 4. The van der Waals surface area contributed by atoms with Gasteiger partial charge in [0.1, 0.15) is 0 Å². The van der Waals surface area contributed by atoms with Crippen LogP contribution in [0.1, 0.15) is 13.8 Å². The average molecular weight is 230 g/mol. The van der Waals surface area contributed by atoms with Crippen molar-refractivity contribution in [3.63, 3.8) is 0 Å². The first-order chi connectivity index (χ1) is 7.54. The Morgan fingerprint density at radius 1 is 1.19 bits per heavy atom. The molecule has 16 heavy (non-hydrogen) atoms. The highest BCUT2D eigenvalue weighted by atomic mass is 16.7. The zero-order chi connectivity index (χ0) is 12.3. The second-order valence-corrected chi connectivity index (χ2v) is 3.51. The van der Waals surface area contributed by atoms with Crippen molar-refractivity contribution < 1.29 is 19.1 Å². The zero-order valence-corrected chi connectivity index (χ0v) is 10.1. The van der Waals surface area contributed by atoms with Crippen molar-refractivity contribution >= 4 is 11.9 Å². The Labute approximate surface area is 95.1 Å². The van der Waals surface area contributed by atoms with Crippen LogP contribution in [0.15, 0.2) is 0 Å². The molecule has 0 aromatic heterocycles. The van der Waals surface area contributed by atoms with Gasteiger partial charge in [0.05, 0.1) is 0 Å². The minimum atomic E-state index is -0.693. The molecule has 1 unspecified atom stereocenters. The van der Waals surface area contributed by atoms with Crippen LogP contribution in [0.4, 0.5) is 4.79 Å². The molecule has 92 valence electrons. The van der Waals surface area contributed by atoms with E-state index in [0.29, 0.717) is 13.2 Å². The Balaban J connectivity index is 2.83. The summed E-state index contributed by atoms with van der Waals surface area (Å²) in [5, 5.41) is 0. The molecular formula is C10H18N2O4. The highest BCUT2D eigenvalue weighted by Crippen LogP contribution is 2.19. The first kappa shape index (κ1) is 12.9. The molecule has 1 fully saturated rings. The predicted octanol–water partition coefficient (Wildman–Crippen LogP) is 0.278. The van der Waals surface area contributed by atoms with Crippen LogP contribution in [0, 0.1) is 0 Å². The fraction of sp³-hybridized carbons (Fsp3) is 0.800. The van der Waals surface area contributed by atoms with Crippen molar-refractivity contribution in [1.29, 1.82) is 0 Å². The van der Waals surface area contributed by atoms with Gasteiger partial charge in [-0.25, -0.2) is 4.79 Å². The largest absolute Gasteiger partial charge is 0.350 e. The van der Waals surface area contributed by atoms with Crippen LogP contribution in [0.3, 0.4) is 0 Å². The van der Waals surface area contributed by atoms with Crippen LogP contribution in [-0.4, -0.2) is 61.4 Å². The summed E-state index contributed by atoms with van der Waals surface area (Å²) >= 11 is 0. The number of nitrogens with zero attached hydrogens (tertiary/aromatic N) is 2. The number of imide groups is 1. The molecule has 1 aliphatic heterocycles. The zero-order valence-electron chi connectivity index (χ0n) is 10.1. The molecule has 1 saturated heterocycles. The van der Waals surface area contributed by atoms with Gasteiger partial charge in [-0.1, -0.05) is 0 Å². The van der Waals surface area contributed by atoms with Crippen molar-refractivity contribution in [1.82, 2.24) is 9.80 Å². The highest BCUT2D eigenvalue weighted by Gasteiger charge is 2.46. The van der Waals surface area contributed by atoms with E-state index in [0.717, 1.165) is 4.90 Å². The lowest BCUT2D eigenvalue weighted by atomic mass is 10.2. The van der Waals surface area contributed by atoms with E-state index in [9.17, 15) is 9.59 Å². The van der Waals surface area contributed by atoms with Gasteiger partial charge in [0, 0.05) is 27.3 Å². The SMILES string of the molecule is CCOC(OCC)C1C(=O)N(C)C(=O)N1C. The fourth-order valence-electron chi connectivity index (χ4n) is 1.67. The molecule has 0 aromatic carbocycles. The summed E-state index contributed by atoms with van der Waals surface area (Å²) in [6, 6.07) is -1.02. The molecule has 6 heteroatoms. The number of carbonyl (C=O) groups is 2. The summed E-state index contributed by atoms with van der Waals surface area (Å²) < 4.78 is 10.7. The Morgan fingerprint density at radius 3 is 2.00 bits per heavy atom. The maximum Gasteiger partial charge on any atom is 0.327 e. The van der Waals surface area contributed by atoms with Gasteiger partial charge in [0.25, 0.3) is 5.91 Å². The molecule has 3 amide bonds. The molecule has 0 aromatic rings. The number of ether oxygens (including phenoxy) is 2. The van der Waals surface area contributed by atoms with E-state index in [1.165, 1.54) is 11.9 Å². The monoisotopic (exact) mass is 230 g/mol. The van der Waals surface area contributed by atoms with Gasteiger partial charge in [0.2, 0.25) is 0 Å². The van der Waals surface area contributed by atoms with Gasteiger partial charge in [-0.05, 0) is 13.8 Å². The van der Waals surface area contributed by atoms with E-state index in [4.69, 9.17) is 9.47 Å². The number of rotatable bonds is 5. The van der Waals surface area contributed by atoms with E-state index in [1.807, 2.05) is 13.8 Å². The third-order valence-corrected chi connectivity index (χ3v) is 2.51. The molecule has 1 atom stereocenters. The summed E-state index contributed by atoms with van der Waals surface area (Å²) in [7, 11) is 3.02. The first-order valence-electron chi connectivity index (χ1n) is 5.32. The van der Waals surface area contributed by atoms with Crippen molar-refractivity contribution in [2.45, 2.75) is 26.2 Å². The minimum absolute atomic E-state index is 0.292. The van der Waals surface area contributed by atoms with Crippen molar-refractivity contribution in [3.8, 4) is 0 Å². The van der Waals surface area contributed by atoms with E-state index in [-0.39, 0.29) is 11.9 Å². The first-order valence-corrected chi connectivity index (χ1v) is 5.32. The van der Waals surface area contributed by atoms with Gasteiger partial charge in [-0.2, -0.15) is 0 Å². The summed E-state index contributed by atoms with van der Waals surface area (Å²) in [5.41, 5.74) is 0. The van der Waals surface area contributed by atoms with Crippen LogP contribution in [0.5, 0.6) is 0 Å². The smallest absolute Gasteiger partial charge is 0.327 e. The van der Waals surface area contributed by atoms with Crippen molar-refractivity contribution in [2.75, 3.05) is 27.3 Å². The van der Waals surface area contributed by atoms with E-state index < -0.39 is 12.3 Å². The standard InChI is InChI=1S/C10H18N2O4/c1-5-15-9(16-6-2)7-8(13)12(4)10(14)11(7)3/h7,9H,5-6H2,1-4H3. The highest BCUT2D eigenvalue weighted by molar-refractivity contribution is 6.04.